The van der Waals surface area contributed by atoms with Gasteiger partial charge in [-0.05, 0) is 48.7 Å². The van der Waals surface area contributed by atoms with E-state index in [-0.39, 0.29) is 25.5 Å². The van der Waals surface area contributed by atoms with Crippen molar-refractivity contribution in [1.82, 2.24) is 10.6 Å². The average molecular weight is 475 g/mol. The van der Waals surface area contributed by atoms with Crippen molar-refractivity contribution in [3.05, 3.63) is 107 Å². The first kappa shape index (κ1) is 25.6. The van der Waals surface area contributed by atoms with Gasteiger partial charge in [0.2, 0.25) is 5.91 Å². The van der Waals surface area contributed by atoms with Crippen LogP contribution in [-0.4, -0.2) is 48.2 Å². The number of nitrogens with one attached hydrogen (secondary N) is 2. The van der Waals surface area contributed by atoms with Crippen molar-refractivity contribution in [1.29, 1.82) is 0 Å². The number of aliphatic hydroxyl groups is 1. The third-order valence-electron chi connectivity index (χ3n) is 5.45. The number of hydrogen-bond donors (Lipinski definition) is 3. The lowest BCUT2D eigenvalue weighted by molar-refractivity contribution is -0.124. The minimum atomic E-state index is -0.862. The molecule has 3 N–H and O–H groups in total. The second-order valence-corrected chi connectivity index (χ2v) is 8.09. The molecular formula is C28H30N2O5. The summed E-state index contributed by atoms with van der Waals surface area (Å²) < 4.78 is 4.97. The van der Waals surface area contributed by atoms with Gasteiger partial charge in [0.05, 0.1) is 24.8 Å². The highest BCUT2D eigenvalue weighted by Crippen LogP contribution is 2.10. The Morgan fingerprint density at radius 2 is 1.31 bits per heavy atom. The first-order chi connectivity index (χ1) is 17.0. The molecule has 0 radical (unpaired) electrons. The SMILES string of the molecule is CCOC(=O)c1ccc(C(=O)N[C@@H](Cc2ccccc2)C(=O)N[C@H](CO)Cc2ccccc2)cc1. The molecule has 0 saturated heterocycles. The second kappa shape index (κ2) is 13.1. The van der Waals surface area contributed by atoms with E-state index in [0.29, 0.717) is 17.5 Å². The number of carbonyl (C=O) groups excluding carboxylic acids is 3. The summed E-state index contributed by atoms with van der Waals surface area (Å²) in [6, 6.07) is 23.6. The normalized spacial score (nSPS) is 12.3. The largest absolute Gasteiger partial charge is 0.462 e. The van der Waals surface area contributed by atoms with Gasteiger partial charge < -0.3 is 20.5 Å². The van der Waals surface area contributed by atoms with Crippen LogP contribution in [0, 0.1) is 0 Å². The van der Waals surface area contributed by atoms with Crippen LogP contribution in [0.15, 0.2) is 84.9 Å². The first-order valence-corrected chi connectivity index (χ1v) is 11.6. The number of amides is 2. The number of carbonyl (C=O) groups is 3. The number of aliphatic hydroxyl groups excluding tert-OH is 1. The molecule has 2 amide bonds. The quantitative estimate of drug-likeness (QED) is 0.371. The maximum Gasteiger partial charge on any atom is 0.338 e. The summed E-state index contributed by atoms with van der Waals surface area (Å²) in [6.07, 6.45) is 0.743. The van der Waals surface area contributed by atoms with Crippen molar-refractivity contribution in [3.63, 3.8) is 0 Å². The predicted molar refractivity (Wildman–Crippen MR) is 133 cm³/mol. The van der Waals surface area contributed by atoms with Crippen molar-refractivity contribution in [2.75, 3.05) is 13.2 Å². The van der Waals surface area contributed by atoms with E-state index < -0.39 is 24.0 Å². The van der Waals surface area contributed by atoms with Gasteiger partial charge in [-0.2, -0.15) is 0 Å². The molecular weight excluding hydrogens is 444 g/mol. The molecule has 182 valence electrons. The maximum atomic E-state index is 13.2. The second-order valence-electron chi connectivity index (χ2n) is 8.09. The van der Waals surface area contributed by atoms with E-state index >= 15 is 0 Å². The molecule has 3 aromatic rings. The van der Waals surface area contributed by atoms with Gasteiger partial charge in [-0.15, -0.1) is 0 Å². The molecule has 0 aromatic heterocycles. The summed E-state index contributed by atoms with van der Waals surface area (Å²) >= 11 is 0. The average Bonchev–Trinajstić information content (AvgIpc) is 2.89. The van der Waals surface area contributed by atoms with Crippen LogP contribution >= 0.6 is 0 Å². The van der Waals surface area contributed by atoms with Crippen LogP contribution < -0.4 is 10.6 Å². The fraction of sp³-hybridized carbons (Fsp3) is 0.250. The van der Waals surface area contributed by atoms with Crippen LogP contribution in [0.2, 0.25) is 0 Å². The van der Waals surface area contributed by atoms with Crippen molar-refractivity contribution < 1.29 is 24.2 Å². The van der Waals surface area contributed by atoms with Gasteiger partial charge >= 0.3 is 5.97 Å². The molecule has 2 atom stereocenters. The van der Waals surface area contributed by atoms with Crippen LogP contribution in [0.25, 0.3) is 0 Å². The summed E-state index contributed by atoms with van der Waals surface area (Å²) in [5.41, 5.74) is 2.52. The number of ether oxygens (including phenoxy) is 1. The molecule has 0 aliphatic carbocycles. The highest BCUT2D eigenvalue weighted by Gasteiger charge is 2.24. The molecule has 35 heavy (non-hydrogen) atoms. The molecule has 0 fully saturated rings. The van der Waals surface area contributed by atoms with Gasteiger partial charge in [-0.3, -0.25) is 9.59 Å². The van der Waals surface area contributed by atoms with E-state index in [4.69, 9.17) is 4.74 Å². The summed E-state index contributed by atoms with van der Waals surface area (Å²) in [5, 5.41) is 15.5. The molecule has 0 aliphatic heterocycles. The monoisotopic (exact) mass is 474 g/mol. The smallest absolute Gasteiger partial charge is 0.338 e. The summed E-state index contributed by atoms with van der Waals surface area (Å²) in [4.78, 5) is 38.0. The minimum Gasteiger partial charge on any atom is -0.462 e. The number of benzene rings is 3. The van der Waals surface area contributed by atoms with Crippen molar-refractivity contribution >= 4 is 17.8 Å². The summed E-state index contributed by atoms with van der Waals surface area (Å²) in [7, 11) is 0. The zero-order valence-electron chi connectivity index (χ0n) is 19.6. The highest BCUT2D eigenvalue weighted by molar-refractivity contribution is 5.98. The lowest BCUT2D eigenvalue weighted by atomic mass is 10.0. The zero-order chi connectivity index (χ0) is 25.0. The molecule has 3 rings (SSSR count). The fourth-order valence-electron chi connectivity index (χ4n) is 3.63. The molecule has 0 aliphatic rings. The van der Waals surface area contributed by atoms with Crippen LogP contribution in [0.3, 0.4) is 0 Å². The maximum absolute atomic E-state index is 13.2. The number of esters is 1. The van der Waals surface area contributed by atoms with Gasteiger partial charge in [0.15, 0.2) is 0 Å². The van der Waals surface area contributed by atoms with Crippen LogP contribution in [-0.2, 0) is 22.4 Å². The molecule has 7 heteroatoms. The molecule has 0 heterocycles. The van der Waals surface area contributed by atoms with E-state index in [1.807, 2.05) is 60.7 Å². The number of rotatable bonds is 11. The fourth-order valence-corrected chi connectivity index (χ4v) is 3.63. The Kier molecular flexibility index (Phi) is 9.57. The molecule has 0 unspecified atom stereocenters. The highest BCUT2D eigenvalue weighted by atomic mass is 16.5. The minimum absolute atomic E-state index is 0.234. The van der Waals surface area contributed by atoms with Crippen molar-refractivity contribution in [3.8, 4) is 0 Å². The van der Waals surface area contributed by atoms with Gasteiger partial charge in [0, 0.05) is 12.0 Å². The van der Waals surface area contributed by atoms with Crippen LogP contribution in [0.5, 0.6) is 0 Å². The van der Waals surface area contributed by atoms with Crippen LogP contribution in [0.1, 0.15) is 38.8 Å². The first-order valence-electron chi connectivity index (χ1n) is 11.6. The third-order valence-corrected chi connectivity index (χ3v) is 5.45. The summed E-state index contributed by atoms with van der Waals surface area (Å²) in [5.74, 6) is -1.30. The summed E-state index contributed by atoms with van der Waals surface area (Å²) in [6.45, 7) is 1.75. The van der Waals surface area contributed by atoms with Gasteiger partial charge in [-0.25, -0.2) is 4.79 Å². The molecule has 0 saturated carbocycles. The Balaban J connectivity index is 1.72. The lowest BCUT2D eigenvalue weighted by Gasteiger charge is -2.23. The predicted octanol–water partition coefficient (Wildman–Crippen LogP) is 2.92. The van der Waals surface area contributed by atoms with E-state index in [2.05, 4.69) is 10.6 Å². The van der Waals surface area contributed by atoms with Crippen molar-refractivity contribution in [2.24, 2.45) is 0 Å². The Morgan fingerprint density at radius 1 is 0.771 bits per heavy atom. The van der Waals surface area contributed by atoms with E-state index in [9.17, 15) is 19.5 Å². The van der Waals surface area contributed by atoms with Crippen LogP contribution in [0.4, 0.5) is 0 Å². The van der Waals surface area contributed by atoms with E-state index in [1.165, 1.54) is 24.3 Å². The lowest BCUT2D eigenvalue weighted by Crippen LogP contribution is -2.52. The standard InChI is InChI=1S/C28H30N2O5/c1-2-35-28(34)23-15-13-22(14-16-23)26(32)30-25(18-21-11-7-4-8-12-21)27(33)29-24(19-31)17-20-9-5-3-6-10-20/h3-16,24-25,31H,2,17-19H2,1H3,(H,29,33)(H,30,32)/t24-,25-/m0/s1. The Labute approximate surface area is 205 Å². The van der Waals surface area contributed by atoms with Gasteiger partial charge in [0.1, 0.15) is 6.04 Å². The third kappa shape index (κ3) is 7.79. The Bertz CT molecular complexity index is 1100. The molecule has 0 bridgehead atoms. The molecule has 0 spiro atoms. The zero-order valence-corrected chi connectivity index (χ0v) is 19.6. The number of hydrogen-bond acceptors (Lipinski definition) is 5. The van der Waals surface area contributed by atoms with Crippen molar-refractivity contribution in [2.45, 2.75) is 31.8 Å². The van der Waals surface area contributed by atoms with E-state index in [1.54, 1.807) is 6.92 Å². The molecule has 3 aromatic carbocycles. The van der Waals surface area contributed by atoms with Gasteiger partial charge in [0.25, 0.3) is 5.91 Å². The Hall–Kier alpha value is -3.97. The Morgan fingerprint density at radius 3 is 1.86 bits per heavy atom. The van der Waals surface area contributed by atoms with Gasteiger partial charge in [-0.1, -0.05) is 60.7 Å². The van der Waals surface area contributed by atoms with E-state index in [0.717, 1.165) is 11.1 Å². The topological polar surface area (TPSA) is 105 Å². The molecule has 7 nitrogen and oxygen atoms in total.